The highest BCUT2D eigenvalue weighted by molar-refractivity contribution is 5.89. The highest BCUT2D eigenvalue weighted by atomic mass is 16.5. The van der Waals surface area contributed by atoms with Crippen LogP contribution in [0.1, 0.15) is 10.4 Å². The molecule has 0 amide bonds. The summed E-state index contributed by atoms with van der Waals surface area (Å²) in [7, 11) is 4.44. The second-order valence-electron chi connectivity index (χ2n) is 3.47. The van der Waals surface area contributed by atoms with Crippen molar-refractivity contribution in [3.8, 4) is 0 Å². The molecule has 5 heteroatoms. The number of benzene rings is 1. The minimum absolute atomic E-state index is 0.161. The van der Waals surface area contributed by atoms with Crippen molar-refractivity contribution < 1.29 is 19.1 Å². The van der Waals surface area contributed by atoms with Crippen LogP contribution in [0.4, 0.5) is 5.69 Å². The quantitative estimate of drug-likeness (QED) is 0.733. The maximum atomic E-state index is 11.2. The van der Waals surface area contributed by atoms with Crippen molar-refractivity contribution >= 4 is 17.6 Å². The largest absolute Gasteiger partial charge is 0.468 e. The predicted octanol–water partition coefficient (Wildman–Crippen LogP) is 1.08. The zero-order valence-electron chi connectivity index (χ0n) is 10.1. The first-order valence-electron chi connectivity index (χ1n) is 5.04. The average Bonchev–Trinajstić information content (AvgIpc) is 2.37. The number of carbonyl (C=O) groups excluding carboxylic acids is 2. The normalized spacial score (nSPS) is 9.59. The van der Waals surface area contributed by atoms with Gasteiger partial charge in [0.05, 0.1) is 19.8 Å². The first kappa shape index (κ1) is 13.0. The Hall–Kier alpha value is -2.04. The van der Waals surface area contributed by atoms with Crippen LogP contribution in [-0.4, -0.2) is 39.8 Å². The molecule has 0 radical (unpaired) electrons. The Morgan fingerprint density at radius 1 is 1.12 bits per heavy atom. The Morgan fingerprint density at radius 3 is 2.18 bits per heavy atom. The smallest absolute Gasteiger partial charge is 0.337 e. The SMILES string of the molecule is COC(=O)CN(C)c1ccc(C(=O)OC)cc1. The zero-order valence-corrected chi connectivity index (χ0v) is 10.1. The molecule has 1 aromatic carbocycles. The Balaban J connectivity index is 2.73. The lowest BCUT2D eigenvalue weighted by Gasteiger charge is -2.17. The van der Waals surface area contributed by atoms with Crippen LogP contribution in [0.3, 0.4) is 0 Å². The second-order valence-corrected chi connectivity index (χ2v) is 3.47. The summed E-state index contributed by atoms with van der Waals surface area (Å²) in [4.78, 5) is 24.0. The summed E-state index contributed by atoms with van der Waals surface area (Å²) in [6.07, 6.45) is 0. The Morgan fingerprint density at radius 2 is 1.71 bits per heavy atom. The number of nitrogens with zero attached hydrogens (tertiary/aromatic N) is 1. The molecule has 5 nitrogen and oxygen atoms in total. The van der Waals surface area contributed by atoms with Gasteiger partial charge in [-0.05, 0) is 24.3 Å². The summed E-state index contributed by atoms with van der Waals surface area (Å²) in [5.41, 5.74) is 1.30. The molecular weight excluding hydrogens is 222 g/mol. The molecule has 0 aliphatic carbocycles. The fourth-order valence-corrected chi connectivity index (χ4v) is 1.32. The molecule has 0 atom stereocenters. The predicted molar refractivity (Wildman–Crippen MR) is 63.1 cm³/mol. The number of anilines is 1. The van der Waals surface area contributed by atoms with Gasteiger partial charge in [0.2, 0.25) is 0 Å². The molecule has 0 N–H and O–H groups in total. The fraction of sp³-hybridized carbons (Fsp3) is 0.333. The number of carbonyl (C=O) groups is 2. The lowest BCUT2D eigenvalue weighted by Crippen LogP contribution is -2.26. The van der Waals surface area contributed by atoms with Gasteiger partial charge in [-0.1, -0.05) is 0 Å². The number of hydrogen-bond acceptors (Lipinski definition) is 5. The molecule has 0 fully saturated rings. The Bertz CT molecular complexity index is 399. The molecular formula is C12H15NO4. The molecule has 17 heavy (non-hydrogen) atoms. The monoisotopic (exact) mass is 237 g/mol. The summed E-state index contributed by atoms with van der Waals surface area (Å²) < 4.78 is 9.16. The highest BCUT2D eigenvalue weighted by Gasteiger charge is 2.09. The van der Waals surface area contributed by atoms with Gasteiger partial charge in [0.1, 0.15) is 6.54 Å². The number of hydrogen-bond donors (Lipinski definition) is 0. The van der Waals surface area contributed by atoms with E-state index in [4.69, 9.17) is 0 Å². The van der Waals surface area contributed by atoms with Gasteiger partial charge < -0.3 is 14.4 Å². The molecule has 0 unspecified atom stereocenters. The minimum atomic E-state index is -0.382. The van der Waals surface area contributed by atoms with Crippen molar-refractivity contribution in [3.05, 3.63) is 29.8 Å². The molecule has 92 valence electrons. The standard InChI is InChI=1S/C12H15NO4/c1-13(8-11(14)16-2)10-6-4-9(5-7-10)12(15)17-3/h4-7H,8H2,1-3H3. The molecule has 0 heterocycles. The van der Waals surface area contributed by atoms with E-state index in [2.05, 4.69) is 9.47 Å². The summed E-state index contributed by atoms with van der Waals surface area (Å²) in [5.74, 6) is -0.697. The molecule has 0 aliphatic rings. The molecule has 0 saturated carbocycles. The zero-order chi connectivity index (χ0) is 12.8. The lowest BCUT2D eigenvalue weighted by molar-refractivity contribution is -0.138. The topological polar surface area (TPSA) is 55.8 Å². The number of rotatable bonds is 4. The fourth-order valence-electron chi connectivity index (χ4n) is 1.32. The van der Waals surface area contributed by atoms with E-state index >= 15 is 0 Å². The summed E-state index contributed by atoms with van der Waals surface area (Å²) in [6, 6.07) is 6.79. The number of methoxy groups -OCH3 is 2. The molecule has 0 saturated heterocycles. The van der Waals surface area contributed by atoms with Crippen molar-refractivity contribution in [1.29, 1.82) is 0 Å². The van der Waals surface area contributed by atoms with Crippen molar-refractivity contribution in [2.24, 2.45) is 0 Å². The van der Waals surface area contributed by atoms with E-state index in [0.29, 0.717) is 5.56 Å². The van der Waals surface area contributed by atoms with Crippen molar-refractivity contribution in [1.82, 2.24) is 0 Å². The van der Waals surface area contributed by atoms with Crippen LogP contribution in [-0.2, 0) is 14.3 Å². The van der Waals surface area contributed by atoms with Crippen LogP contribution in [0.25, 0.3) is 0 Å². The molecule has 1 rings (SSSR count). The minimum Gasteiger partial charge on any atom is -0.468 e. The third-order valence-electron chi connectivity index (χ3n) is 2.32. The number of likely N-dealkylation sites (N-methyl/N-ethyl adjacent to an activating group) is 1. The van der Waals surface area contributed by atoms with Crippen LogP contribution in [0.2, 0.25) is 0 Å². The van der Waals surface area contributed by atoms with Gasteiger partial charge in [0.25, 0.3) is 0 Å². The second kappa shape index (κ2) is 5.89. The summed E-state index contributed by atoms with van der Waals surface area (Å²) in [5, 5.41) is 0. The van der Waals surface area contributed by atoms with Crippen LogP contribution < -0.4 is 4.90 Å². The van der Waals surface area contributed by atoms with E-state index in [-0.39, 0.29) is 18.5 Å². The van der Waals surface area contributed by atoms with Gasteiger partial charge in [-0.15, -0.1) is 0 Å². The van der Waals surface area contributed by atoms with Crippen molar-refractivity contribution in [2.45, 2.75) is 0 Å². The van der Waals surface area contributed by atoms with Crippen molar-refractivity contribution in [3.63, 3.8) is 0 Å². The highest BCUT2D eigenvalue weighted by Crippen LogP contribution is 2.14. The van der Waals surface area contributed by atoms with Crippen LogP contribution in [0, 0.1) is 0 Å². The van der Waals surface area contributed by atoms with E-state index in [0.717, 1.165) is 5.69 Å². The maximum Gasteiger partial charge on any atom is 0.337 e. The summed E-state index contributed by atoms with van der Waals surface area (Å²) in [6.45, 7) is 0.161. The van der Waals surface area contributed by atoms with Gasteiger partial charge in [0.15, 0.2) is 0 Å². The van der Waals surface area contributed by atoms with E-state index in [1.165, 1.54) is 14.2 Å². The van der Waals surface area contributed by atoms with E-state index in [9.17, 15) is 9.59 Å². The van der Waals surface area contributed by atoms with Crippen LogP contribution in [0.5, 0.6) is 0 Å². The van der Waals surface area contributed by atoms with Crippen molar-refractivity contribution in [2.75, 3.05) is 32.7 Å². The molecule has 1 aromatic rings. The first-order valence-corrected chi connectivity index (χ1v) is 5.04. The van der Waals surface area contributed by atoms with Crippen LogP contribution >= 0.6 is 0 Å². The number of esters is 2. The molecule has 0 bridgehead atoms. The summed E-state index contributed by atoms with van der Waals surface area (Å²) >= 11 is 0. The van der Waals surface area contributed by atoms with Gasteiger partial charge in [-0.2, -0.15) is 0 Å². The Kier molecular flexibility index (Phi) is 4.51. The lowest BCUT2D eigenvalue weighted by atomic mass is 10.2. The molecule has 0 spiro atoms. The van der Waals surface area contributed by atoms with Gasteiger partial charge in [-0.25, -0.2) is 4.79 Å². The van der Waals surface area contributed by atoms with E-state index in [1.807, 2.05) is 0 Å². The molecule has 0 aromatic heterocycles. The molecule has 0 aliphatic heterocycles. The van der Waals surface area contributed by atoms with Gasteiger partial charge >= 0.3 is 11.9 Å². The van der Waals surface area contributed by atoms with Gasteiger partial charge in [-0.3, -0.25) is 4.79 Å². The maximum absolute atomic E-state index is 11.2. The van der Waals surface area contributed by atoms with E-state index < -0.39 is 0 Å². The van der Waals surface area contributed by atoms with E-state index in [1.54, 1.807) is 36.2 Å². The third kappa shape index (κ3) is 3.48. The average molecular weight is 237 g/mol. The van der Waals surface area contributed by atoms with Crippen LogP contribution in [0.15, 0.2) is 24.3 Å². The van der Waals surface area contributed by atoms with Gasteiger partial charge in [0, 0.05) is 12.7 Å². The first-order chi connectivity index (χ1) is 8.08. The Labute approximate surface area is 99.9 Å². The number of ether oxygens (including phenoxy) is 2. The third-order valence-corrected chi connectivity index (χ3v) is 2.32.